The Labute approximate surface area is 124 Å². The van der Waals surface area contributed by atoms with Crippen LogP contribution in [-0.2, 0) is 4.84 Å². The van der Waals surface area contributed by atoms with Crippen LogP contribution in [0.15, 0.2) is 24.3 Å². The zero-order valence-corrected chi connectivity index (χ0v) is 12.7. The minimum absolute atomic E-state index is 0.00466. The SMILES string of the molecule is CC(C)(C)C1NC(ON)C(c2cccc(Cl)c2)C1C#N. The molecule has 1 fully saturated rings. The van der Waals surface area contributed by atoms with Crippen LogP contribution >= 0.6 is 11.6 Å². The van der Waals surface area contributed by atoms with Crippen LogP contribution in [0.1, 0.15) is 32.3 Å². The first-order chi connectivity index (χ1) is 9.38. The highest BCUT2D eigenvalue weighted by molar-refractivity contribution is 6.30. The molecule has 0 amide bonds. The van der Waals surface area contributed by atoms with E-state index < -0.39 is 0 Å². The van der Waals surface area contributed by atoms with Gasteiger partial charge in [0, 0.05) is 17.0 Å². The van der Waals surface area contributed by atoms with Crippen LogP contribution in [0.5, 0.6) is 0 Å². The van der Waals surface area contributed by atoms with Crippen LogP contribution in [0.4, 0.5) is 0 Å². The first kappa shape index (κ1) is 15.3. The van der Waals surface area contributed by atoms with E-state index in [1.165, 1.54) is 0 Å². The van der Waals surface area contributed by atoms with Crippen LogP contribution in [-0.4, -0.2) is 12.3 Å². The molecule has 0 aromatic heterocycles. The Balaban J connectivity index is 2.42. The van der Waals surface area contributed by atoms with E-state index in [-0.39, 0.29) is 29.5 Å². The average molecular weight is 294 g/mol. The van der Waals surface area contributed by atoms with E-state index in [2.05, 4.69) is 32.2 Å². The Hall–Kier alpha value is -1.12. The van der Waals surface area contributed by atoms with Gasteiger partial charge >= 0.3 is 0 Å². The summed E-state index contributed by atoms with van der Waals surface area (Å²) in [5.74, 6) is 5.07. The van der Waals surface area contributed by atoms with Gasteiger partial charge in [-0.05, 0) is 23.1 Å². The molecule has 0 aliphatic carbocycles. The minimum atomic E-state index is -0.387. The van der Waals surface area contributed by atoms with E-state index in [9.17, 15) is 5.26 Å². The third-order valence-electron chi connectivity index (χ3n) is 3.88. The fourth-order valence-corrected chi connectivity index (χ4v) is 3.14. The Morgan fingerprint density at radius 2 is 2.10 bits per heavy atom. The van der Waals surface area contributed by atoms with Crippen molar-refractivity contribution in [2.24, 2.45) is 17.2 Å². The van der Waals surface area contributed by atoms with Gasteiger partial charge in [-0.3, -0.25) is 10.2 Å². The molecule has 1 aromatic rings. The zero-order chi connectivity index (χ0) is 14.9. The molecular formula is C15H20ClN3O. The van der Waals surface area contributed by atoms with Crippen molar-refractivity contribution in [1.29, 1.82) is 5.26 Å². The van der Waals surface area contributed by atoms with E-state index in [4.69, 9.17) is 22.3 Å². The summed E-state index contributed by atoms with van der Waals surface area (Å²) in [6, 6.07) is 9.94. The molecule has 5 heteroatoms. The fraction of sp³-hybridized carbons (Fsp3) is 0.533. The van der Waals surface area contributed by atoms with Gasteiger partial charge in [0.15, 0.2) is 0 Å². The van der Waals surface area contributed by atoms with Crippen LogP contribution in [0, 0.1) is 22.7 Å². The maximum absolute atomic E-state index is 9.59. The number of hydrogen-bond acceptors (Lipinski definition) is 4. The normalized spacial score (nSPS) is 30.2. The Bertz CT molecular complexity index is 521. The summed E-state index contributed by atoms with van der Waals surface area (Å²) in [5.41, 5.74) is 0.906. The third kappa shape index (κ3) is 2.82. The third-order valence-corrected chi connectivity index (χ3v) is 4.11. The Morgan fingerprint density at radius 3 is 2.60 bits per heavy atom. The van der Waals surface area contributed by atoms with Gasteiger partial charge in [-0.15, -0.1) is 0 Å². The van der Waals surface area contributed by atoms with Gasteiger partial charge < -0.3 is 0 Å². The lowest BCUT2D eigenvalue weighted by molar-refractivity contribution is 0.0242. The average Bonchev–Trinajstić information content (AvgIpc) is 2.77. The molecule has 108 valence electrons. The topological polar surface area (TPSA) is 71.1 Å². The lowest BCUT2D eigenvalue weighted by Gasteiger charge is -2.30. The van der Waals surface area contributed by atoms with E-state index in [1.54, 1.807) is 0 Å². The number of nitrogens with zero attached hydrogens (tertiary/aromatic N) is 1. The van der Waals surface area contributed by atoms with Gasteiger partial charge in [0.25, 0.3) is 0 Å². The summed E-state index contributed by atoms with van der Waals surface area (Å²) in [5, 5.41) is 13.6. The van der Waals surface area contributed by atoms with Gasteiger partial charge in [-0.1, -0.05) is 44.5 Å². The number of hydrogen-bond donors (Lipinski definition) is 2. The van der Waals surface area contributed by atoms with Crippen LogP contribution in [0.3, 0.4) is 0 Å². The summed E-state index contributed by atoms with van der Waals surface area (Å²) >= 11 is 6.06. The maximum Gasteiger partial charge on any atom is 0.137 e. The highest BCUT2D eigenvalue weighted by Gasteiger charge is 2.49. The standard InChI is InChI=1S/C15H20ClN3O/c1-15(2,3)13-11(8-17)12(14(19-13)20-18)9-5-4-6-10(16)7-9/h4-7,11-14,19H,18H2,1-3H3. The molecule has 0 bridgehead atoms. The minimum Gasteiger partial charge on any atom is -0.285 e. The van der Waals surface area contributed by atoms with Gasteiger partial charge in [-0.2, -0.15) is 5.26 Å². The molecule has 0 radical (unpaired) electrons. The first-order valence-corrected chi connectivity index (χ1v) is 7.03. The monoisotopic (exact) mass is 293 g/mol. The number of nitriles is 1. The molecule has 1 aliphatic rings. The zero-order valence-electron chi connectivity index (χ0n) is 11.9. The molecule has 3 N–H and O–H groups in total. The predicted octanol–water partition coefficient (Wildman–Crippen LogP) is 2.80. The molecule has 1 aromatic carbocycles. The molecule has 4 unspecified atom stereocenters. The summed E-state index contributed by atoms with van der Waals surface area (Å²) < 4.78 is 0. The Kier molecular flexibility index (Phi) is 4.36. The summed E-state index contributed by atoms with van der Waals surface area (Å²) in [4.78, 5) is 5.07. The van der Waals surface area contributed by atoms with Crippen molar-refractivity contribution in [3.8, 4) is 6.07 Å². The number of benzene rings is 1. The molecule has 20 heavy (non-hydrogen) atoms. The molecule has 0 spiro atoms. The Morgan fingerprint density at radius 1 is 1.40 bits per heavy atom. The lowest BCUT2D eigenvalue weighted by atomic mass is 9.75. The number of halogens is 1. The number of nitrogens with two attached hydrogens (primary N) is 1. The quantitative estimate of drug-likeness (QED) is 0.823. The van der Waals surface area contributed by atoms with Crippen molar-refractivity contribution in [2.45, 2.75) is 39.0 Å². The molecule has 4 atom stereocenters. The lowest BCUT2D eigenvalue weighted by Crippen LogP contribution is -2.42. The first-order valence-electron chi connectivity index (χ1n) is 6.65. The van der Waals surface area contributed by atoms with Crippen molar-refractivity contribution < 1.29 is 4.84 Å². The van der Waals surface area contributed by atoms with Gasteiger partial charge in [0.2, 0.25) is 0 Å². The van der Waals surface area contributed by atoms with Crippen molar-refractivity contribution in [3.63, 3.8) is 0 Å². The molecular weight excluding hydrogens is 274 g/mol. The van der Waals surface area contributed by atoms with Crippen molar-refractivity contribution in [1.82, 2.24) is 5.32 Å². The number of nitrogens with one attached hydrogen (secondary N) is 1. The van der Waals surface area contributed by atoms with Gasteiger partial charge in [0.1, 0.15) is 6.23 Å². The second kappa shape index (κ2) is 5.71. The van der Waals surface area contributed by atoms with Crippen molar-refractivity contribution in [2.75, 3.05) is 0 Å². The van der Waals surface area contributed by atoms with Crippen LogP contribution < -0.4 is 11.2 Å². The molecule has 4 nitrogen and oxygen atoms in total. The van der Waals surface area contributed by atoms with E-state index in [0.29, 0.717) is 5.02 Å². The van der Waals surface area contributed by atoms with Gasteiger partial charge in [-0.25, -0.2) is 5.90 Å². The van der Waals surface area contributed by atoms with E-state index >= 15 is 0 Å². The smallest absolute Gasteiger partial charge is 0.137 e. The predicted molar refractivity (Wildman–Crippen MR) is 78.7 cm³/mol. The van der Waals surface area contributed by atoms with Crippen LogP contribution in [0.2, 0.25) is 5.02 Å². The van der Waals surface area contributed by atoms with E-state index in [1.807, 2.05) is 24.3 Å². The molecule has 1 saturated heterocycles. The second-order valence-electron chi connectivity index (χ2n) is 6.30. The fourth-order valence-electron chi connectivity index (χ4n) is 2.94. The summed E-state index contributed by atoms with van der Waals surface area (Å²) in [6.45, 7) is 6.30. The summed E-state index contributed by atoms with van der Waals surface area (Å²) in [6.07, 6.45) is -0.387. The highest BCUT2D eigenvalue weighted by Crippen LogP contribution is 2.42. The largest absolute Gasteiger partial charge is 0.285 e. The van der Waals surface area contributed by atoms with Crippen LogP contribution in [0.25, 0.3) is 0 Å². The highest BCUT2D eigenvalue weighted by atomic mass is 35.5. The van der Waals surface area contributed by atoms with E-state index in [0.717, 1.165) is 5.56 Å². The summed E-state index contributed by atoms with van der Waals surface area (Å²) in [7, 11) is 0. The van der Waals surface area contributed by atoms with Crippen molar-refractivity contribution in [3.05, 3.63) is 34.9 Å². The molecule has 1 heterocycles. The van der Waals surface area contributed by atoms with Gasteiger partial charge in [0.05, 0.1) is 12.0 Å². The molecule has 0 saturated carbocycles. The second-order valence-corrected chi connectivity index (χ2v) is 6.74. The molecule has 1 aliphatic heterocycles. The number of rotatable bonds is 2. The van der Waals surface area contributed by atoms with Crippen molar-refractivity contribution >= 4 is 11.6 Å². The molecule has 2 rings (SSSR count). The maximum atomic E-state index is 9.59.